The third-order valence-corrected chi connectivity index (χ3v) is 8.84. The molecule has 0 radical (unpaired) electrons. The molecule has 142 valence electrons. The smallest absolute Gasteiger partial charge is 0.429 e. The van der Waals surface area contributed by atoms with E-state index in [2.05, 4.69) is 40.4 Å². The molecular formula is C19H38O4Si. The molecule has 0 aromatic rings. The van der Waals surface area contributed by atoms with E-state index in [1.165, 1.54) is 0 Å². The van der Waals surface area contributed by atoms with Gasteiger partial charge in [-0.25, -0.2) is 4.79 Å². The number of carbonyl (C=O) groups is 1. The van der Waals surface area contributed by atoms with Crippen molar-refractivity contribution < 1.29 is 18.7 Å². The molecule has 0 saturated carbocycles. The lowest BCUT2D eigenvalue weighted by molar-refractivity contribution is -0.0197. The molecule has 4 nitrogen and oxygen atoms in total. The van der Waals surface area contributed by atoms with Crippen molar-refractivity contribution in [1.29, 1.82) is 0 Å². The van der Waals surface area contributed by atoms with Gasteiger partial charge in [-0.1, -0.05) is 39.8 Å². The number of hydrogen-bond donors (Lipinski definition) is 0. The predicted octanol–water partition coefficient (Wildman–Crippen LogP) is 6.07. The van der Waals surface area contributed by atoms with Gasteiger partial charge in [0.05, 0.1) is 0 Å². The highest BCUT2D eigenvalue weighted by molar-refractivity contribution is 6.74. The Morgan fingerprint density at radius 1 is 1.08 bits per heavy atom. The third-order valence-electron chi connectivity index (χ3n) is 4.30. The SMILES string of the molecule is C=C[C@@H](CCCCCO[Si](C)(C)C(C)(C)C)OC(=O)OC(C)(C)C. The molecule has 0 N–H and O–H groups in total. The molecule has 0 spiro atoms. The van der Waals surface area contributed by atoms with Gasteiger partial charge in [0, 0.05) is 6.61 Å². The van der Waals surface area contributed by atoms with E-state index in [9.17, 15) is 4.79 Å². The van der Waals surface area contributed by atoms with E-state index < -0.39 is 20.1 Å². The average Bonchev–Trinajstić information content (AvgIpc) is 2.37. The zero-order valence-corrected chi connectivity index (χ0v) is 18.0. The van der Waals surface area contributed by atoms with Crippen LogP contribution in [0.1, 0.15) is 67.2 Å². The Morgan fingerprint density at radius 2 is 1.67 bits per heavy atom. The Bertz CT molecular complexity index is 391. The highest BCUT2D eigenvalue weighted by atomic mass is 28.4. The van der Waals surface area contributed by atoms with Gasteiger partial charge in [-0.05, 0) is 58.2 Å². The standard InChI is InChI=1S/C19H38O4Si/c1-10-16(22-17(20)23-18(2,3)4)14-12-11-13-15-21-24(8,9)19(5,6)7/h10,16H,1,11-15H2,2-9H3/t16-/m0/s1. The highest BCUT2D eigenvalue weighted by Gasteiger charge is 2.36. The van der Waals surface area contributed by atoms with E-state index in [4.69, 9.17) is 13.9 Å². The number of ether oxygens (including phenoxy) is 2. The van der Waals surface area contributed by atoms with Crippen LogP contribution >= 0.6 is 0 Å². The minimum atomic E-state index is -1.64. The predicted molar refractivity (Wildman–Crippen MR) is 103 cm³/mol. The molecule has 0 aliphatic carbocycles. The zero-order chi connectivity index (χ0) is 19.0. The number of rotatable bonds is 9. The van der Waals surface area contributed by atoms with E-state index in [-0.39, 0.29) is 11.1 Å². The van der Waals surface area contributed by atoms with Gasteiger partial charge < -0.3 is 13.9 Å². The van der Waals surface area contributed by atoms with E-state index in [0.717, 1.165) is 32.3 Å². The van der Waals surface area contributed by atoms with Crippen LogP contribution in [0.15, 0.2) is 12.7 Å². The molecule has 0 saturated heterocycles. The fraction of sp³-hybridized carbons (Fsp3) is 0.842. The Balaban J connectivity index is 3.97. The van der Waals surface area contributed by atoms with Crippen LogP contribution in [-0.4, -0.2) is 32.8 Å². The van der Waals surface area contributed by atoms with Gasteiger partial charge in [-0.2, -0.15) is 0 Å². The van der Waals surface area contributed by atoms with Crippen molar-refractivity contribution in [3.05, 3.63) is 12.7 Å². The summed E-state index contributed by atoms with van der Waals surface area (Å²) in [5.74, 6) is 0. The Kier molecular flexibility index (Phi) is 9.29. The van der Waals surface area contributed by atoms with Crippen molar-refractivity contribution in [2.75, 3.05) is 6.61 Å². The number of unbranched alkanes of at least 4 members (excludes halogenated alkanes) is 2. The van der Waals surface area contributed by atoms with Crippen molar-refractivity contribution >= 4 is 14.5 Å². The van der Waals surface area contributed by atoms with Crippen LogP contribution in [-0.2, 0) is 13.9 Å². The quantitative estimate of drug-likeness (QED) is 0.217. The summed E-state index contributed by atoms with van der Waals surface area (Å²) < 4.78 is 16.6. The summed E-state index contributed by atoms with van der Waals surface area (Å²) in [5.41, 5.74) is -0.538. The molecule has 0 aliphatic rings. The Hall–Kier alpha value is -0.813. The van der Waals surface area contributed by atoms with E-state index in [1.54, 1.807) is 6.08 Å². The normalized spacial score (nSPS) is 14.2. The van der Waals surface area contributed by atoms with Crippen LogP contribution in [0.5, 0.6) is 0 Å². The topological polar surface area (TPSA) is 44.8 Å². The molecular weight excluding hydrogens is 320 g/mol. The third kappa shape index (κ3) is 10.1. The van der Waals surface area contributed by atoms with Gasteiger partial charge in [0.25, 0.3) is 0 Å². The molecule has 0 fully saturated rings. The monoisotopic (exact) mass is 358 g/mol. The first kappa shape index (κ1) is 23.2. The largest absolute Gasteiger partial charge is 0.509 e. The van der Waals surface area contributed by atoms with Crippen molar-refractivity contribution in [3.8, 4) is 0 Å². The molecule has 0 unspecified atom stereocenters. The fourth-order valence-corrected chi connectivity index (χ4v) is 2.88. The van der Waals surface area contributed by atoms with Crippen molar-refractivity contribution in [2.45, 2.75) is 97.1 Å². The maximum absolute atomic E-state index is 11.7. The zero-order valence-electron chi connectivity index (χ0n) is 17.0. The summed E-state index contributed by atoms with van der Waals surface area (Å²) in [5, 5.41) is 0.252. The van der Waals surface area contributed by atoms with E-state index in [1.807, 2.05) is 20.8 Å². The second-order valence-corrected chi connectivity index (χ2v) is 13.6. The lowest BCUT2D eigenvalue weighted by Crippen LogP contribution is -2.40. The van der Waals surface area contributed by atoms with Crippen LogP contribution in [0.4, 0.5) is 4.79 Å². The Labute approximate surface area is 150 Å². The van der Waals surface area contributed by atoms with E-state index in [0.29, 0.717) is 0 Å². The highest BCUT2D eigenvalue weighted by Crippen LogP contribution is 2.36. The van der Waals surface area contributed by atoms with Gasteiger partial charge in [0.15, 0.2) is 8.32 Å². The molecule has 0 aliphatic heterocycles. The van der Waals surface area contributed by atoms with Crippen LogP contribution in [0.3, 0.4) is 0 Å². The summed E-state index contributed by atoms with van der Waals surface area (Å²) in [4.78, 5) is 11.7. The number of hydrogen-bond acceptors (Lipinski definition) is 4. The van der Waals surface area contributed by atoms with Crippen molar-refractivity contribution in [2.24, 2.45) is 0 Å². The summed E-state index contributed by atoms with van der Waals surface area (Å²) in [6.07, 6.45) is 4.56. The molecule has 1 atom stereocenters. The van der Waals surface area contributed by atoms with Gasteiger partial charge in [0.1, 0.15) is 11.7 Å². The molecule has 0 aromatic heterocycles. The van der Waals surface area contributed by atoms with Crippen LogP contribution in [0.2, 0.25) is 18.1 Å². The first-order valence-corrected chi connectivity index (χ1v) is 11.9. The molecule has 0 rings (SSSR count). The second-order valence-electron chi connectivity index (χ2n) is 8.81. The summed E-state index contributed by atoms with van der Waals surface area (Å²) in [7, 11) is -1.64. The fourth-order valence-electron chi connectivity index (χ4n) is 1.79. The number of carbonyl (C=O) groups excluding carboxylic acids is 1. The van der Waals surface area contributed by atoms with Gasteiger partial charge in [-0.15, -0.1) is 0 Å². The van der Waals surface area contributed by atoms with Crippen LogP contribution in [0, 0.1) is 0 Å². The first-order chi connectivity index (χ1) is 10.8. The minimum Gasteiger partial charge on any atom is -0.429 e. The van der Waals surface area contributed by atoms with E-state index >= 15 is 0 Å². The lowest BCUT2D eigenvalue weighted by Gasteiger charge is -2.36. The van der Waals surface area contributed by atoms with Gasteiger partial charge in [0.2, 0.25) is 0 Å². The molecule has 0 heterocycles. The van der Waals surface area contributed by atoms with Crippen molar-refractivity contribution in [1.82, 2.24) is 0 Å². The first-order valence-electron chi connectivity index (χ1n) is 8.94. The molecule has 0 amide bonds. The minimum absolute atomic E-state index is 0.252. The maximum atomic E-state index is 11.7. The van der Waals surface area contributed by atoms with Gasteiger partial charge in [-0.3, -0.25) is 0 Å². The molecule has 5 heteroatoms. The van der Waals surface area contributed by atoms with Crippen LogP contribution in [0.25, 0.3) is 0 Å². The summed E-state index contributed by atoms with van der Waals surface area (Å²) >= 11 is 0. The Morgan fingerprint density at radius 3 is 2.12 bits per heavy atom. The molecule has 0 aromatic carbocycles. The molecule has 0 bridgehead atoms. The second kappa shape index (κ2) is 9.61. The summed E-state index contributed by atoms with van der Waals surface area (Å²) in [6.45, 7) is 21.3. The maximum Gasteiger partial charge on any atom is 0.509 e. The lowest BCUT2D eigenvalue weighted by atomic mass is 10.1. The van der Waals surface area contributed by atoms with Crippen molar-refractivity contribution in [3.63, 3.8) is 0 Å². The molecule has 24 heavy (non-hydrogen) atoms. The van der Waals surface area contributed by atoms with Crippen LogP contribution < -0.4 is 0 Å². The average molecular weight is 359 g/mol. The summed E-state index contributed by atoms with van der Waals surface area (Å²) in [6, 6.07) is 0. The van der Waals surface area contributed by atoms with Gasteiger partial charge >= 0.3 is 6.16 Å².